The molecular formula is C20H22ClIN2O. The molecule has 2 aromatic carbocycles. The van der Waals surface area contributed by atoms with Gasteiger partial charge < -0.3 is 5.32 Å². The van der Waals surface area contributed by atoms with E-state index in [9.17, 15) is 4.79 Å². The number of amides is 1. The van der Waals surface area contributed by atoms with Crippen LogP contribution in [0.25, 0.3) is 0 Å². The van der Waals surface area contributed by atoms with Gasteiger partial charge in [-0.1, -0.05) is 35.9 Å². The molecule has 1 saturated heterocycles. The minimum atomic E-state index is 0.0818. The molecule has 1 fully saturated rings. The van der Waals surface area contributed by atoms with Crippen molar-refractivity contribution >= 4 is 40.1 Å². The van der Waals surface area contributed by atoms with Crippen LogP contribution in [0.3, 0.4) is 0 Å². The maximum absolute atomic E-state index is 12.2. The van der Waals surface area contributed by atoms with E-state index in [0.717, 1.165) is 38.0 Å². The Morgan fingerprint density at radius 3 is 2.52 bits per heavy atom. The lowest BCUT2D eigenvalue weighted by Gasteiger charge is -2.32. The minimum Gasteiger partial charge on any atom is -0.353 e. The summed E-state index contributed by atoms with van der Waals surface area (Å²) in [6.07, 6.45) is 2.40. The van der Waals surface area contributed by atoms with E-state index in [2.05, 4.69) is 57.1 Å². The molecule has 132 valence electrons. The van der Waals surface area contributed by atoms with Crippen molar-refractivity contribution in [2.75, 3.05) is 13.1 Å². The van der Waals surface area contributed by atoms with Gasteiger partial charge in [-0.2, -0.15) is 0 Å². The van der Waals surface area contributed by atoms with E-state index in [4.69, 9.17) is 11.6 Å². The average Bonchev–Trinajstić information content (AvgIpc) is 2.59. The third kappa shape index (κ3) is 5.97. The summed E-state index contributed by atoms with van der Waals surface area (Å²) in [6, 6.07) is 16.5. The molecule has 0 atom stereocenters. The van der Waals surface area contributed by atoms with E-state index in [1.807, 2.05) is 24.3 Å². The van der Waals surface area contributed by atoms with Crippen LogP contribution in [0.15, 0.2) is 48.5 Å². The lowest BCUT2D eigenvalue weighted by atomic mass is 10.0. The van der Waals surface area contributed by atoms with Gasteiger partial charge in [-0.05, 0) is 70.8 Å². The number of nitrogens with one attached hydrogen (secondary N) is 1. The predicted molar refractivity (Wildman–Crippen MR) is 111 cm³/mol. The molecule has 0 radical (unpaired) electrons. The first-order chi connectivity index (χ1) is 12.1. The molecule has 2 aromatic rings. The fourth-order valence-corrected chi connectivity index (χ4v) is 3.77. The molecule has 0 aliphatic carbocycles. The molecule has 1 amide bonds. The zero-order valence-corrected chi connectivity index (χ0v) is 17.0. The van der Waals surface area contributed by atoms with Gasteiger partial charge in [-0.15, -0.1) is 0 Å². The molecular weight excluding hydrogens is 447 g/mol. The summed E-state index contributed by atoms with van der Waals surface area (Å²) in [5, 5.41) is 3.84. The minimum absolute atomic E-state index is 0.0818. The number of hydrogen-bond donors (Lipinski definition) is 1. The second kappa shape index (κ2) is 9.01. The Hall–Kier alpha value is -1.11. The largest absolute Gasteiger partial charge is 0.353 e. The first-order valence-electron chi connectivity index (χ1n) is 8.59. The lowest BCUT2D eigenvalue weighted by molar-refractivity contribution is -0.121. The van der Waals surface area contributed by atoms with Crippen LogP contribution in [0.5, 0.6) is 0 Å². The number of likely N-dealkylation sites (tertiary alicyclic amines) is 1. The van der Waals surface area contributed by atoms with Crippen LogP contribution >= 0.6 is 34.2 Å². The van der Waals surface area contributed by atoms with Gasteiger partial charge in [0.1, 0.15) is 0 Å². The van der Waals surface area contributed by atoms with E-state index >= 15 is 0 Å². The van der Waals surface area contributed by atoms with Gasteiger partial charge in [0, 0.05) is 34.3 Å². The Morgan fingerprint density at radius 2 is 1.84 bits per heavy atom. The molecule has 0 spiro atoms. The van der Waals surface area contributed by atoms with Gasteiger partial charge in [0.05, 0.1) is 6.42 Å². The summed E-state index contributed by atoms with van der Waals surface area (Å²) >= 11 is 8.30. The third-order valence-corrected chi connectivity index (χ3v) is 5.48. The SMILES string of the molecule is O=C(Cc1cccc(Cl)c1)NC1CCN(Cc2ccc(I)cc2)CC1. The number of carbonyl (C=O) groups is 1. The first kappa shape index (κ1) is 18.7. The highest BCUT2D eigenvalue weighted by molar-refractivity contribution is 14.1. The van der Waals surface area contributed by atoms with Gasteiger partial charge in [-0.3, -0.25) is 9.69 Å². The van der Waals surface area contributed by atoms with Crippen molar-refractivity contribution in [3.8, 4) is 0 Å². The van der Waals surface area contributed by atoms with Crippen LogP contribution < -0.4 is 5.32 Å². The van der Waals surface area contributed by atoms with Crippen molar-refractivity contribution in [1.29, 1.82) is 0 Å². The van der Waals surface area contributed by atoms with Crippen LogP contribution in [0.1, 0.15) is 24.0 Å². The zero-order chi connectivity index (χ0) is 17.6. The van der Waals surface area contributed by atoms with E-state index in [-0.39, 0.29) is 11.9 Å². The number of hydrogen-bond acceptors (Lipinski definition) is 2. The van der Waals surface area contributed by atoms with Gasteiger partial charge in [0.25, 0.3) is 0 Å². The molecule has 3 rings (SSSR count). The van der Waals surface area contributed by atoms with Gasteiger partial charge in [0.2, 0.25) is 5.91 Å². The monoisotopic (exact) mass is 468 g/mol. The Labute approximate surface area is 167 Å². The molecule has 0 bridgehead atoms. The molecule has 25 heavy (non-hydrogen) atoms. The van der Waals surface area contributed by atoms with E-state index in [1.54, 1.807) is 0 Å². The molecule has 0 saturated carbocycles. The van der Waals surface area contributed by atoms with Crippen LogP contribution in [-0.2, 0) is 17.8 Å². The quantitative estimate of drug-likeness (QED) is 0.665. The van der Waals surface area contributed by atoms with Gasteiger partial charge in [0.15, 0.2) is 0 Å². The van der Waals surface area contributed by atoms with Crippen LogP contribution in [-0.4, -0.2) is 29.9 Å². The summed E-state index contributed by atoms with van der Waals surface area (Å²) in [7, 11) is 0. The Kier molecular flexibility index (Phi) is 6.73. The maximum atomic E-state index is 12.2. The molecule has 3 nitrogen and oxygen atoms in total. The summed E-state index contributed by atoms with van der Waals surface area (Å²) in [5.74, 6) is 0.0818. The standard InChI is InChI=1S/C20H22ClIN2O/c21-17-3-1-2-16(12-17)13-20(25)23-19-8-10-24(11-9-19)14-15-4-6-18(22)7-5-15/h1-7,12,19H,8-11,13-14H2,(H,23,25). The number of nitrogens with zero attached hydrogens (tertiary/aromatic N) is 1. The van der Waals surface area contributed by atoms with E-state index < -0.39 is 0 Å². The smallest absolute Gasteiger partial charge is 0.224 e. The number of piperidine rings is 1. The number of rotatable bonds is 5. The van der Waals surface area contributed by atoms with Crippen LogP contribution in [0.4, 0.5) is 0 Å². The summed E-state index contributed by atoms with van der Waals surface area (Å²) < 4.78 is 1.27. The van der Waals surface area contributed by atoms with Crippen LogP contribution in [0.2, 0.25) is 5.02 Å². The van der Waals surface area contributed by atoms with Crippen molar-refractivity contribution in [3.63, 3.8) is 0 Å². The molecule has 1 aliphatic rings. The summed E-state index contributed by atoms with van der Waals surface area (Å²) in [4.78, 5) is 14.7. The molecule has 1 aliphatic heterocycles. The number of halogens is 2. The van der Waals surface area contributed by atoms with Crippen molar-refractivity contribution in [1.82, 2.24) is 10.2 Å². The fourth-order valence-electron chi connectivity index (χ4n) is 3.19. The highest BCUT2D eigenvalue weighted by Gasteiger charge is 2.20. The lowest BCUT2D eigenvalue weighted by Crippen LogP contribution is -2.44. The highest BCUT2D eigenvalue weighted by atomic mass is 127. The number of benzene rings is 2. The maximum Gasteiger partial charge on any atom is 0.224 e. The topological polar surface area (TPSA) is 32.3 Å². The number of carbonyl (C=O) groups excluding carboxylic acids is 1. The molecule has 0 aromatic heterocycles. The van der Waals surface area contributed by atoms with Gasteiger partial charge in [-0.25, -0.2) is 0 Å². The molecule has 5 heteroatoms. The summed E-state index contributed by atoms with van der Waals surface area (Å²) in [5.41, 5.74) is 2.31. The molecule has 1 heterocycles. The predicted octanol–water partition coefficient (Wildman–Crippen LogP) is 4.27. The van der Waals surface area contributed by atoms with Crippen molar-refractivity contribution in [2.45, 2.75) is 31.8 Å². The Bertz CT molecular complexity index is 712. The Balaban J connectivity index is 1.42. The molecule has 1 N–H and O–H groups in total. The van der Waals surface area contributed by atoms with Gasteiger partial charge >= 0.3 is 0 Å². The van der Waals surface area contributed by atoms with Crippen molar-refractivity contribution in [3.05, 3.63) is 68.3 Å². The second-order valence-corrected chi connectivity index (χ2v) is 8.23. The zero-order valence-electron chi connectivity index (χ0n) is 14.1. The van der Waals surface area contributed by atoms with E-state index in [0.29, 0.717) is 11.4 Å². The van der Waals surface area contributed by atoms with Crippen molar-refractivity contribution in [2.24, 2.45) is 0 Å². The third-order valence-electron chi connectivity index (χ3n) is 4.53. The summed E-state index contributed by atoms with van der Waals surface area (Å²) in [6.45, 7) is 3.03. The highest BCUT2D eigenvalue weighted by Crippen LogP contribution is 2.16. The molecule has 0 unspecified atom stereocenters. The van der Waals surface area contributed by atoms with Crippen molar-refractivity contribution < 1.29 is 4.79 Å². The normalized spacial score (nSPS) is 15.9. The van der Waals surface area contributed by atoms with Crippen LogP contribution in [0, 0.1) is 3.57 Å². The first-order valence-corrected chi connectivity index (χ1v) is 10.0. The second-order valence-electron chi connectivity index (χ2n) is 6.55. The fraction of sp³-hybridized carbons (Fsp3) is 0.350. The van der Waals surface area contributed by atoms with E-state index in [1.165, 1.54) is 9.13 Å². The average molecular weight is 469 g/mol. The Morgan fingerprint density at radius 1 is 1.12 bits per heavy atom.